The van der Waals surface area contributed by atoms with Crippen molar-refractivity contribution in [3.05, 3.63) is 12.7 Å². The van der Waals surface area contributed by atoms with Crippen LogP contribution in [0, 0.1) is 0 Å². The summed E-state index contributed by atoms with van der Waals surface area (Å²) in [5, 5.41) is 8.38. The molecule has 0 fully saturated rings. The van der Waals surface area contributed by atoms with Crippen molar-refractivity contribution in [1.29, 1.82) is 0 Å². The van der Waals surface area contributed by atoms with E-state index in [4.69, 9.17) is 5.11 Å². The number of hydrogen-bond acceptors (Lipinski definition) is 1. The van der Waals surface area contributed by atoms with E-state index in [0.717, 1.165) is 19.3 Å². The summed E-state index contributed by atoms with van der Waals surface area (Å²) in [7, 11) is 0. The summed E-state index contributed by atoms with van der Waals surface area (Å²) < 4.78 is 0. The number of hydrogen-bond donors (Lipinski definition) is 1. The van der Waals surface area contributed by atoms with Gasteiger partial charge in [0, 0.05) is 6.42 Å². The molecule has 0 aromatic rings. The van der Waals surface area contributed by atoms with Crippen LogP contribution in [0.1, 0.15) is 51.4 Å². The van der Waals surface area contributed by atoms with Gasteiger partial charge in [0.2, 0.25) is 0 Å². The maximum absolute atomic E-state index is 10.2. The first kappa shape index (κ1) is 16.2. The standard InChI is InChI=1S/C11H20O2.Li.H/c1-2-3-4-5-6-7-8-9-10-11(12)13;;/h2H,1,3-10H2,(H,12,13);;. The SMILES string of the molecule is C=CCCCCCCCCC(=O)O.[LiH]. The van der Waals surface area contributed by atoms with Crippen molar-refractivity contribution in [2.24, 2.45) is 0 Å². The monoisotopic (exact) mass is 192 g/mol. The molecule has 0 heterocycles. The average Bonchev–Trinajstić information content (AvgIpc) is 2.09. The molecule has 0 saturated carbocycles. The number of carboxylic acids is 1. The van der Waals surface area contributed by atoms with Crippen molar-refractivity contribution in [3.63, 3.8) is 0 Å². The fourth-order valence-electron chi connectivity index (χ4n) is 1.27. The van der Waals surface area contributed by atoms with Crippen LogP contribution in [0.15, 0.2) is 12.7 Å². The molecule has 0 aromatic heterocycles. The average molecular weight is 192 g/mol. The fraction of sp³-hybridized carbons (Fsp3) is 0.727. The molecule has 0 saturated heterocycles. The summed E-state index contributed by atoms with van der Waals surface area (Å²) in [6.45, 7) is 3.66. The van der Waals surface area contributed by atoms with Gasteiger partial charge in [-0.15, -0.1) is 6.58 Å². The minimum atomic E-state index is -0.674. The van der Waals surface area contributed by atoms with Gasteiger partial charge in [-0.1, -0.05) is 31.8 Å². The molecular weight excluding hydrogens is 171 g/mol. The molecule has 2 nitrogen and oxygen atoms in total. The Morgan fingerprint density at radius 1 is 1.07 bits per heavy atom. The summed E-state index contributed by atoms with van der Waals surface area (Å²) in [6.07, 6.45) is 10.1. The molecule has 1 N–H and O–H groups in total. The molecular formula is C11H21LiO2. The molecule has 0 bridgehead atoms. The number of unbranched alkanes of at least 4 members (excludes halogenated alkanes) is 6. The zero-order chi connectivity index (χ0) is 9.94. The summed E-state index contributed by atoms with van der Waals surface area (Å²) in [6, 6.07) is 0. The molecule has 14 heavy (non-hydrogen) atoms. The third kappa shape index (κ3) is 14.3. The van der Waals surface area contributed by atoms with Crippen LogP contribution in [0.3, 0.4) is 0 Å². The van der Waals surface area contributed by atoms with E-state index < -0.39 is 5.97 Å². The number of carboxylic acid groups (broad SMARTS) is 1. The molecule has 0 spiro atoms. The van der Waals surface area contributed by atoms with Crippen LogP contribution >= 0.6 is 0 Å². The van der Waals surface area contributed by atoms with Gasteiger partial charge in [0.15, 0.2) is 0 Å². The summed E-state index contributed by atoms with van der Waals surface area (Å²) >= 11 is 0. The molecule has 0 radical (unpaired) electrons. The van der Waals surface area contributed by atoms with Gasteiger partial charge in [0.05, 0.1) is 0 Å². The van der Waals surface area contributed by atoms with Gasteiger partial charge < -0.3 is 5.11 Å². The van der Waals surface area contributed by atoms with Crippen molar-refractivity contribution in [2.75, 3.05) is 0 Å². The predicted octanol–water partition coefficient (Wildman–Crippen LogP) is 2.73. The first-order valence-electron chi connectivity index (χ1n) is 5.10. The van der Waals surface area contributed by atoms with Crippen LogP contribution in [0.4, 0.5) is 0 Å². The van der Waals surface area contributed by atoms with Gasteiger partial charge >= 0.3 is 24.8 Å². The number of aliphatic carboxylic acids is 1. The molecule has 0 unspecified atom stereocenters. The molecule has 0 amide bonds. The Labute approximate surface area is 99.0 Å². The van der Waals surface area contributed by atoms with Gasteiger partial charge in [0.1, 0.15) is 0 Å². The second-order valence-corrected chi connectivity index (χ2v) is 3.34. The fourth-order valence-corrected chi connectivity index (χ4v) is 1.27. The van der Waals surface area contributed by atoms with Gasteiger partial charge in [-0.25, -0.2) is 0 Å². The minimum absolute atomic E-state index is 0. The molecule has 78 valence electrons. The molecule has 0 aliphatic heterocycles. The van der Waals surface area contributed by atoms with E-state index in [2.05, 4.69) is 6.58 Å². The first-order chi connectivity index (χ1) is 6.27. The zero-order valence-corrected chi connectivity index (χ0v) is 8.30. The van der Waals surface area contributed by atoms with E-state index in [1.54, 1.807) is 0 Å². The second kappa shape index (κ2) is 12.8. The van der Waals surface area contributed by atoms with E-state index in [0.29, 0.717) is 6.42 Å². The van der Waals surface area contributed by atoms with Crippen molar-refractivity contribution in [2.45, 2.75) is 51.4 Å². The number of allylic oxidation sites excluding steroid dienone is 1. The Morgan fingerprint density at radius 3 is 2.07 bits per heavy atom. The van der Waals surface area contributed by atoms with Crippen LogP contribution in [0.25, 0.3) is 0 Å². The van der Waals surface area contributed by atoms with Crippen molar-refractivity contribution < 1.29 is 9.90 Å². The van der Waals surface area contributed by atoms with E-state index >= 15 is 0 Å². The van der Waals surface area contributed by atoms with Crippen LogP contribution in [-0.4, -0.2) is 29.9 Å². The Morgan fingerprint density at radius 2 is 1.57 bits per heavy atom. The number of rotatable bonds is 9. The summed E-state index contributed by atoms with van der Waals surface area (Å²) in [5.74, 6) is -0.674. The Hall–Kier alpha value is -0.193. The molecule has 0 aliphatic carbocycles. The predicted molar refractivity (Wildman–Crippen MR) is 61.9 cm³/mol. The van der Waals surface area contributed by atoms with E-state index in [1.807, 2.05) is 6.08 Å². The maximum atomic E-state index is 10.2. The quantitative estimate of drug-likeness (QED) is 0.346. The van der Waals surface area contributed by atoms with Gasteiger partial charge in [-0.05, 0) is 19.3 Å². The third-order valence-corrected chi connectivity index (χ3v) is 2.05. The van der Waals surface area contributed by atoms with Crippen LogP contribution in [0.2, 0.25) is 0 Å². The van der Waals surface area contributed by atoms with E-state index in [-0.39, 0.29) is 18.9 Å². The van der Waals surface area contributed by atoms with Gasteiger partial charge in [-0.3, -0.25) is 4.79 Å². The van der Waals surface area contributed by atoms with Gasteiger partial charge in [-0.2, -0.15) is 0 Å². The molecule has 0 aliphatic rings. The summed E-state index contributed by atoms with van der Waals surface area (Å²) in [5.41, 5.74) is 0. The molecule has 0 rings (SSSR count). The van der Waals surface area contributed by atoms with Crippen LogP contribution < -0.4 is 0 Å². The zero-order valence-electron chi connectivity index (χ0n) is 8.30. The number of carbonyl (C=O) groups is 1. The van der Waals surface area contributed by atoms with Crippen LogP contribution in [0.5, 0.6) is 0 Å². The van der Waals surface area contributed by atoms with Crippen molar-refractivity contribution in [1.82, 2.24) is 0 Å². The van der Waals surface area contributed by atoms with Crippen molar-refractivity contribution >= 4 is 24.8 Å². The Balaban J connectivity index is 0. The molecule has 3 heteroatoms. The molecule has 0 atom stereocenters. The Kier molecular flexibility index (Phi) is 14.9. The first-order valence-corrected chi connectivity index (χ1v) is 5.10. The topological polar surface area (TPSA) is 37.3 Å². The van der Waals surface area contributed by atoms with E-state index in [9.17, 15) is 4.79 Å². The molecule has 0 aromatic carbocycles. The Bertz CT molecular complexity index is 146. The summed E-state index contributed by atoms with van der Waals surface area (Å²) in [4.78, 5) is 10.2. The van der Waals surface area contributed by atoms with E-state index in [1.165, 1.54) is 25.7 Å². The third-order valence-electron chi connectivity index (χ3n) is 2.05. The van der Waals surface area contributed by atoms with Gasteiger partial charge in [0.25, 0.3) is 0 Å². The van der Waals surface area contributed by atoms with Crippen LogP contribution in [-0.2, 0) is 4.79 Å². The normalized spacial score (nSPS) is 9.14. The second-order valence-electron chi connectivity index (χ2n) is 3.34. The van der Waals surface area contributed by atoms with Crippen molar-refractivity contribution in [3.8, 4) is 0 Å².